The Morgan fingerprint density at radius 2 is 1.14 bits per heavy atom. The predicted octanol–water partition coefficient (Wildman–Crippen LogP) is 4.99. The second-order valence-corrected chi connectivity index (χ2v) is 6.78. The van der Waals surface area contributed by atoms with Crippen molar-refractivity contribution in [3.8, 4) is 0 Å². The number of carbonyl (C=O) groups is 4. The lowest BCUT2D eigenvalue weighted by Gasteiger charge is -2.18. The van der Waals surface area contributed by atoms with E-state index >= 15 is 0 Å². The first kappa shape index (κ1) is 16.3. The Bertz CT molecular complexity index is 1460. The minimum Gasteiger partial charge on any atom is -0.298 e. The third-order valence-corrected chi connectivity index (χ3v) is 5.52. The third kappa shape index (κ3) is 1.89. The van der Waals surface area contributed by atoms with Crippen LogP contribution in [0.25, 0.3) is 43.1 Å². The molecule has 0 aliphatic carbocycles. The summed E-state index contributed by atoms with van der Waals surface area (Å²) in [6.45, 7) is 0. The summed E-state index contributed by atoms with van der Waals surface area (Å²) in [5, 5.41) is 6.28. The van der Waals surface area contributed by atoms with Gasteiger partial charge in [-0.05, 0) is 38.4 Å². The molecule has 0 aliphatic rings. The zero-order valence-corrected chi connectivity index (χ0v) is 14.6. The van der Waals surface area contributed by atoms with Gasteiger partial charge >= 0.3 is 0 Å². The van der Waals surface area contributed by atoms with Crippen LogP contribution >= 0.6 is 0 Å². The standard InChI is InChI=1S/C24H12O4/c25-9-14-4-6-18-17-3-1-2-13-8-16(11-27)20(12-28)24(22(13)17)19-7-5-15(10-26)21(14)23(18)19/h1-12H. The van der Waals surface area contributed by atoms with Gasteiger partial charge in [-0.15, -0.1) is 0 Å². The first-order valence-electron chi connectivity index (χ1n) is 8.74. The van der Waals surface area contributed by atoms with Gasteiger partial charge in [0.25, 0.3) is 0 Å². The van der Waals surface area contributed by atoms with Crippen molar-refractivity contribution in [3.05, 3.63) is 70.8 Å². The van der Waals surface area contributed by atoms with Gasteiger partial charge in [-0.1, -0.05) is 42.5 Å². The van der Waals surface area contributed by atoms with E-state index in [1.54, 1.807) is 24.3 Å². The maximum absolute atomic E-state index is 12.0. The van der Waals surface area contributed by atoms with Gasteiger partial charge in [0.15, 0.2) is 25.1 Å². The molecule has 5 aromatic carbocycles. The van der Waals surface area contributed by atoms with Gasteiger partial charge in [0.2, 0.25) is 0 Å². The summed E-state index contributed by atoms with van der Waals surface area (Å²) in [6.07, 6.45) is 2.84. The highest BCUT2D eigenvalue weighted by atomic mass is 16.1. The highest BCUT2D eigenvalue weighted by Crippen LogP contribution is 2.43. The molecule has 5 aromatic rings. The predicted molar refractivity (Wildman–Crippen MR) is 109 cm³/mol. The summed E-state index contributed by atoms with van der Waals surface area (Å²) < 4.78 is 0. The fraction of sp³-hybridized carbons (Fsp3) is 0. The molecule has 0 radical (unpaired) electrons. The molecule has 28 heavy (non-hydrogen) atoms. The SMILES string of the molecule is O=Cc1cc2cccc3c4ccc(C=O)c5c(C=O)ccc(c(c1C=O)c23)c54. The highest BCUT2D eigenvalue weighted by Gasteiger charge is 2.20. The van der Waals surface area contributed by atoms with Crippen molar-refractivity contribution in [2.75, 3.05) is 0 Å². The van der Waals surface area contributed by atoms with Crippen LogP contribution in [0.15, 0.2) is 48.5 Å². The monoisotopic (exact) mass is 364 g/mol. The molecule has 0 N–H and O–H groups in total. The molecule has 0 fully saturated rings. The van der Waals surface area contributed by atoms with Gasteiger partial charge in [-0.2, -0.15) is 0 Å². The molecule has 0 atom stereocenters. The van der Waals surface area contributed by atoms with Crippen LogP contribution in [0.3, 0.4) is 0 Å². The molecule has 0 aliphatic heterocycles. The van der Waals surface area contributed by atoms with Gasteiger partial charge in [0.1, 0.15) is 0 Å². The summed E-state index contributed by atoms with van der Waals surface area (Å²) in [5.41, 5.74) is 1.46. The fourth-order valence-corrected chi connectivity index (χ4v) is 4.40. The lowest BCUT2D eigenvalue weighted by molar-refractivity contribution is 0.109. The second kappa shape index (κ2) is 5.79. The van der Waals surface area contributed by atoms with Gasteiger partial charge in [-0.25, -0.2) is 0 Å². The van der Waals surface area contributed by atoms with E-state index < -0.39 is 0 Å². The summed E-state index contributed by atoms with van der Waals surface area (Å²) in [5.74, 6) is 0. The van der Waals surface area contributed by atoms with E-state index in [1.165, 1.54) is 0 Å². The van der Waals surface area contributed by atoms with Crippen LogP contribution in [0, 0.1) is 0 Å². The van der Waals surface area contributed by atoms with Crippen LogP contribution in [0.4, 0.5) is 0 Å². The minimum absolute atomic E-state index is 0.317. The number of fused-ring (bicyclic) bond motifs is 2. The molecule has 4 heteroatoms. The van der Waals surface area contributed by atoms with Crippen molar-refractivity contribution in [1.82, 2.24) is 0 Å². The fourth-order valence-electron chi connectivity index (χ4n) is 4.40. The smallest absolute Gasteiger partial charge is 0.151 e. The van der Waals surface area contributed by atoms with E-state index in [9.17, 15) is 19.2 Å². The second-order valence-electron chi connectivity index (χ2n) is 6.78. The number of hydrogen-bond donors (Lipinski definition) is 0. The van der Waals surface area contributed by atoms with Crippen LogP contribution in [-0.4, -0.2) is 25.1 Å². The van der Waals surface area contributed by atoms with Crippen LogP contribution in [-0.2, 0) is 0 Å². The number of rotatable bonds is 4. The van der Waals surface area contributed by atoms with Crippen molar-refractivity contribution in [2.24, 2.45) is 0 Å². The maximum atomic E-state index is 12.0. The molecule has 0 aromatic heterocycles. The van der Waals surface area contributed by atoms with Crippen molar-refractivity contribution in [1.29, 1.82) is 0 Å². The molecular formula is C24H12O4. The lowest BCUT2D eigenvalue weighted by Crippen LogP contribution is -1.98. The summed E-state index contributed by atoms with van der Waals surface area (Å²) in [4.78, 5) is 46.9. The zero-order chi connectivity index (χ0) is 19.4. The average molecular weight is 364 g/mol. The summed E-state index contributed by atoms with van der Waals surface area (Å²) in [6, 6.07) is 14.5. The van der Waals surface area contributed by atoms with Crippen LogP contribution in [0.2, 0.25) is 0 Å². The Hall–Kier alpha value is -3.92. The van der Waals surface area contributed by atoms with Gasteiger partial charge in [0, 0.05) is 33.0 Å². The molecule has 5 rings (SSSR count). The Labute approximate surface area is 158 Å². The number of aldehydes is 4. The molecule has 0 unspecified atom stereocenters. The minimum atomic E-state index is 0.317. The first-order valence-corrected chi connectivity index (χ1v) is 8.74. The third-order valence-electron chi connectivity index (χ3n) is 5.52. The zero-order valence-electron chi connectivity index (χ0n) is 14.6. The van der Waals surface area contributed by atoms with Gasteiger partial charge < -0.3 is 0 Å². The Morgan fingerprint density at radius 3 is 1.79 bits per heavy atom. The average Bonchev–Trinajstić information content (AvgIpc) is 2.75. The Balaban J connectivity index is 2.26. The van der Waals surface area contributed by atoms with E-state index in [0.29, 0.717) is 45.6 Å². The molecule has 0 amide bonds. The summed E-state index contributed by atoms with van der Waals surface area (Å²) in [7, 11) is 0. The molecular weight excluding hydrogens is 352 g/mol. The molecule has 0 spiro atoms. The van der Waals surface area contributed by atoms with Crippen LogP contribution < -0.4 is 0 Å². The number of benzene rings is 5. The Kier molecular flexibility index (Phi) is 3.36. The molecule has 0 heterocycles. The summed E-state index contributed by atoms with van der Waals surface area (Å²) >= 11 is 0. The molecule has 0 saturated heterocycles. The van der Waals surface area contributed by atoms with Crippen molar-refractivity contribution >= 4 is 68.2 Å². The molecule has 4 nitrogen and oxygen atoms in total. The number of carbonyl (C=O) groups excluding carboxylic acids is 4. The van der Waals surface area contributed by atoms with E-state index in [4.69, 9.17) is 0 Å². The number of hydrogen-bond acceptors (Lipinski definition) is 4. The van der Waals surface area contributed by atoms with Crippen molar-refractivity contribution < 1.29 is 19.2 Å². The van der Waals surface area contributed by atoms with Crippen molar-refractivity contribution in [2.45, 2.75) is 0 Å². The van der Waals surface area contributed by atoms with Crippen LogP contribution in [0.5, 0.6) is 0 Å². The van der Waals surface area contributed by atoms with Crippen molar-refractivity contribution in [3.63, 3.8) is 0 Å². The van der Waals surface area contributed by atoms with E-state index in [1.807, 2.05) is 24.3 Å². The lowest BCUT2D eigenvalue weighted by atomic mass is 9.84. The maximum Gasteiger partial charge on any atom is 0.151 e. The van der Waals surface area contributed by atoms with E-state index in [0.717, 1.165) is 44.9 Å². The molecule has 0 bridgehead atoms. The topological polar surface area (TPSA) is 68.3 Å². The van der Waals surface area contributed by atoms with Gasteiger partial charge in [0.05, 0.1) is 0 Å². The van der Waals surface area contributed by atoms with Crippen LogP contribution in [0.1, 0.15) is 41.4 Å². The quantitative estimate of drug-likeness (QED) is 0.256. The largest absolute Gasteiger partial charge is 0.298 e. The molecule has 0 saturated carbocycles. The van der Waals surface area contributed by atoms with Gasteiger partial charge in [-0.3, -0.25) is 19.2 Å². The highest BCUT2D eigenvalue weighted by molar-refractivity contribution is 6.37. The first-order chi connectivity index (χ1) is 13.7. The van der Waals surface area contributed by atoms with E-state index in [2.05, 4.69) is 0 Å². The normalized spacial score (nSPS) is 11.4. The Morgan fingerprint density at radius 1 is 0.500 bits per heavy atom. The van der Waals surface area contributed by atoms with E-state index in [-0.39, 0.29) is 0 Å². The molecule has 132 valence electrons.